The zero-order valence-corrected chi connectivity index (χ0v) is 11.0. The molecule has 0 spiro atoms. The summed E-state index contributed by atoms with van der Waals surface area (Å²) in [7, 11) is 2.00. The van der Waals surface area contributed by atoms with Gasteiger partial charge in [0.15, 0.2) is 0 Å². The van der Waals surface area contributed by atoms with Crippen LogP contribution in [0.1, 0.15) is 5.56 Å². The van der Waals surface area contributed by atoms with E-state index in [0.717, 1.165) is 24.6 Å². The highest BCUT2D eigenvalue weighted by Gasteiger charge is 2.04. The van der Waals surface area contributed by atoms with Crippen molar-refractivity contribution in [1.82, 2.24) is 15.0 Å². The van der Waals surface area contributed by atoms with Crippen molar-refractivity contribution in [2.45, 2.75) is 6.42 Å². The van der Waals surface area contributed by atoms with Gasteiger partial charge in [0, 0.05) is 38.6 Å². The average Bonchev–Trinajstić information content (AvgIpc) is 2.96. The highest BCUT2D eigenvalue weighted by Crippen LogP contribution is 2.13. The average molecular weight is 261 g/mol. The van der Waals surface area contributed by atoms with E-state index in [4.69, 9.17) is 5.11 Å². The smallest absolute Gasteiger partial charge is 0.133 e. The van der Waals surface area contributed by atoms with Crippen molar-refractivity contribution in [1.29, 1.82) is 0 Å². The summed E-state index contributed by atoms with van der Waals surface area (Å²) in [5.74, 6) is 1.60. The van der Waals surface area contributed by atoms with Crippen LogP contribution in [-0.4, -0.2) is 46.8 Å². The molecule has 0 aliphatic carbocycles. The molecular weight excluding hydrogens is 242 g/mol. The predicted molar refractivity (Wildman–Crippen MR) is 75.4 cm³/mol. The zero-order chi connectivity index (χ0) is 13.5. The van der Waals surface area contributed by atoms with Crippen molar-refractivity contribution in [3.05, 3.63) is 36.4 Å². The van der Waals surface area contributed by atoms with E-state index in [-0.39, 0.29) is 6.61 Å². The van der Waals surface area contributed by atoms with Crippen molar-refractivity contribution in [2.75, 3.05) is 37.0 Å². The number of aliphatic hydroxyl groups is 1. The van der Waals surface area contributed by atoms with E-state index in [2.05, 4.69) is 31.2 Å². The standard InChI is InChI=1S/C13H19N5O/c1-18(6-3-11-2-4-14-9-11)13-8-12(15-5-7-19)16-10-17-13/h2,4,8-10,14,19H,3,5-7H2,1H3,(H,15,16,17). The normalized spacial score (nSPS) is 10.4. The van der Waals surface area contributed by atoms with Crippen molar-refractivity contribution in [2.24, 2.45) is 0 Å². The molecule has 0 saturated carbocycles. The van der Waals surface area contributed by atoms with E-state index >= 15 is 0 Å². The third-order valence-corrected chi connectivity index (χ3v) is 2.86. The summed E-state index contributed by atoms with van der Waals surface area (Å²) in [5, 5.41) is 11.8. The molecule has 0 saturated heterocycles. The Morgan fingerprint density at radius 3 is 3.05 bits per heavy atom. The summed E-state index contributed by atoms with van der Waals surface area (Å²) < 4.78 is 0. The molecule has 3 N–H and O–H groups in total. The topological polar surface area (TPSA) is 77.1 Å². The first-order chi connectivity index (χ1) is 9.29. The number of nitrogens with one attached hydrogen (secondary N) is 2. The van der Waals surface area contributed by atoms with Gasteiger partial charge in [0.25, 0.3) is 0 Å². The maximum atomic E-state index is 8.78. The molecule has 0 unspecified atom stereocenters. The second kappa shape index (κ2) is 6.75. The van der Waals surface area contributed by atoms with Gasteiger partial charge in [-0.3, -0.25) is 0 Å². The van der Waals surface area contributed by atoms with Gasteiger partial charge in [-0.1, -0.05) is 0 Å². The van der Waals surface area contributed by atoms with E-state index in [1.165, 1.54) is 11.9 Å². The van der Waals surface area contributed by atoms with Crippen LogP contribution in [0.3, 0.4) is 0 Å². The number of nitrogens with zero attached hydrogens (tertiary/aromatic N) is 3. The molecule has 0 atom stereocenters. The predicted octanol–water partition coefficient (Wildman–Crippen LogP) is 0.888. The molecular formula is C13H19N5O. The van der Waals surface area contributed by atoms with Gasteiger partial charge in [0.2, 0.25) is 0 Å². The highest BCUT2D eigenvalue weighted by molar-refractivity contribution is 5.47. The van der Waals surface area contributed by atoms with Crippen LogP contribution in [0.5, 0.6) is 0 Å². The minimum Gasteiger partial charge on any atom is -0.395 e. The van der Waals surface area contributed by atoms with Crippen LogP contribution >= 0.6 is 0 Å². The van der Waals surface area contributed by atoms with Crippen molar-refractivity contribution >= 4 is 11.6 Å². The van der Waals surface area contributed by atoms with Gasteiger partial charge < -0.3 is 20.3 Å². The van der Waals surface area contributed by atoms with Gasteiger partial charge in [-0.15, -0.1) is 0 Å². The van der Waals surface area contributed by atoms with Gasteiger partial charge >= 0.3 is 0 Å². The lowest BCUT2D eigenvalue weighted by Gasteiger charge is -2.18. The van der Waals surface area contributed by atoms with Crippen molar-refractivity contribution in [3.8, 4) is 0 Å². The Morgan fingerprint density at radius 2 is 2.32 bits per heavy atom. The Morgan fingerprint density at radius 1 is 1.42 bits per heavy atom. The van der Waals surface area contributed by atoms with Crippen LogP contribution in [0.25, 0.3) is 0 Å². The van der Waals surface area contributed by atoms with Crippen LogP contribution in [0, 0.1) is 0 Å². The summed E-state index contributed by atoms with van der Waals surface area (Å²) in [6, 6.07) is 3.95. The second-order valence-corrected chi connectivity index (χ2v) is 4.30. The molecule has 0 amide bonds. The van der Waals surface area contributed by atoms with Crippen LogP contribution in [0.4, 0.5) is 11.6 Å². The number of anilines is 2. The molecule has 0 radical (unpaired) electrons. The molecule has 19 heavy (non-hydrogen) atoms. The van der Waals surface area contributed by atoms with Gasteiger partial charge in [0.1, 0.15) is 18.0 Å². The van der Waals surface area contributed by atoms with Gasteiger partial charge in [-0.25, -0.2) is 9.97 Å². The Hall–Kier alpha value is -2.08. The number of hydrogen-bond donors (Lipinski definition) is 3. The Balaban J connectivity index is 1.92. The maximum Gasteiger partial charge on any atom is 0.133 e. The molecule has 6 nitrogen and oxygen atoms in total. The summed E-state index contributed by atoms with van der Waals surface area (Å²) in [4.78, 5) is 13.5. The molecule has 0 aliphatic rings. The SMILES string of the molecule is CN(CCc1cc[nH]c1)c1cc(NCCO)ncn1. The molecule has 2 aromatic heterocycles. The Kier molecular flexibility index (Phi) is 4.74. The summed E-state index contributed by atoms with van der Waals surface area (Å²) in [6.07, 6.45) is 6.42. The van der Waals surface area contributed by atoms with Crippen LogP contribution < -0.4 is 10.2 Å². The lowest BCUT2D eigenvalue weighted by molar-refractivity contribution is 0.311. The maximum absolute atomic E-state index is 8.78. The van der Waals surface area contributed by atoms with Crippen molar-refractivity contribution in [3.63, 3.8) is 0 Å². The Bertz CT molecular complexity index is 486. The lowest BCUT2D eigenvalue weighted by atomic mass is 10.2. The summed E-state index contributed by atoms with van der Waals surface area (Å²) >= 11 is 0. The monoisotopic (exact) mass is 261 g/mol. The molecule has 6 heteroatoms. The molecule has 0 aliphatic heterocycles. The first kappa shape index (κ1) is 13.4. The van der Waals surface area contributed by atoms with Gasteiger partial charge in [-0.2, -0.15) is 0 Å². The molecule has 102 valence electrons. The number of likely N-dealkylation sites (N-methyl/N-ethyl adjacent to an activating group) is 1. The fraction of sp³-hybridized carbons (Fsp3) is 0.385. The van der Waals surface area contributed by atoms with Crippen molar-refractivity contribution < 1.29 is 5.11 Å². The third-order valence-electron chi connectivity index (χ3n) is 2.86. The number of H-pyrrole nitrogens is 1. The largest absolute Gasteiger partial charge is 0.395 e. The van der Waals surface area contributed by atoms with Crippen LogP contribution in [-0.2, 0) is 6.42 Å². The quantitative estimate of drug-likeness (QED) is 0.690. The summed E-state index contributed by atoms with van der Waals surface area (Å²) in [5.41, 5.74) is 1.28. The van der Waals surface area contributed by atoms with Gasteiger partial charge in [0.05, 0.1) is 6.61 Å². The highest BCUT2D eigenvalue weighted by atomic mass is 16.3. The summed E-state index contributed by atoms with van der Waals surface area (Å²) in [6.45, 7) is 1.46. The van der Waals surface area contributed by atoms with Crippen LogP contribution in [0.2, 0.25) is 0 Å². The number of rotatable bonds is 7. The van der Waals surface area contributed by atoms with Gasteiger partial charge in [-0.05, 0) is 18.1 Å². The van der Waals surface area contributed by atoms with Crippen LogP contribution in [0.15, 0.2) is 30.9 Å². The molecule has 2 heterocycles. The van der Waals surface area contributed by atoms with E-state index in [1.807, 2.05) is 25.5 Å². The zero-order valence-electron chi connectivity index (χ0n) is 11.0. The molecule has 0 bridgehead atoms. The molecule has 2 rings (SSSR count). The molecule has 2 aromatic rings. The first-order valence-electron chi connectivity index (χ1n) is 6.29. The second-order valence-electron chi connectivity index (χ2n) is 4.30. The fourth-order valence-electron chi connectivity index (χ4n) is 1.76. The van der Waals surface area contributed by atoms with E-state index in [9.17, 15) is 0 Å². The van der Waals surface area contributed by atoms with E-state index in [1.54, 1.807) is 0 Å². The minimum atomic E-state index is 0.0860. The molecule has 0 fully saturated rings. The third kappa shape index (κ3) is 3.96. The fourth-order valence-corrected chi connectivity index (χ4v) is 1.76. The molecule has 0 aromatic carbocycles. The van der Waals surface area contributed by atoms with E-state index < -0.39 is 0 Å². The number of aromatic amines is 1. The first-order valence-corrected chi connectivity index (χ1v) is 6.29. The minimum absolute atomic E-state index is 0.0860. The number of aliphatic hydroxyl groups excluding tert-OH is 1. The number of aromatic nitrogens is 3. The van der Waals surface area contributed by atoms with E-state index in [0.29, 0.717) is 6.54 Å². The lowest BCUT2D eigenvalue weighted by Crippen LogP contribution is -2.21. The number of hydrogen-bond acceptors (Lipinski definition) is 5. The Labute approximate surface area is 112 Å².